The molecule has 16 heavy (non-hydrogen) atoms. The molecule has 0 aliphatic carbocycles. The molecule has 0 radical (unpaired) electrons. The summed E-state index contributed by atoms with van der Waals surface area (Å²) in [6.45, 7) is 6.15. The van der Waals surface area contributed by atoms with Crippen molar-refractivity contribution in [2.24, 2.45) is 5.92 Å². The molecule has 0 aromatic heterocycles. The average Bonchev–Trinajstić information content (AvgIpc) is 2.17. The molecule has 1 aliphatic heterocycles. The standard InChI is InChI=1S/C10H20N2O3S/c1-8-4-6-12(7-5-8)16(14,15)11-9(2)10(3)13/h8-9,11H,4-7H2,1-3H3. The first-order valence-corrected chi connectivity index (χ1v) is 7.05. The van der Waals surface area contributed by atoms with Crippen molar-refractivity contribution < 1.29 is 13.2 Å². The maximum absolute atomic E-state index is 11.9. The number of nitrogens with one attached hydrogen (secondary N) is 1. The van der Waals surface area contributed by atoms with Crippen molar-refractivity contribution in [2.75, 3.05) is 13.1 Å². The van der Waals surface area contributed by atoms with Crippen molar-refractivity contribution in [1.29, 1.82) is 0 Å². The lowest BCUT2D eigenvalue weighted by molar-refractivity contribution is -0.118. The van der Waals surface area contributed by atoms with E-state index in [1.165, 1.54) is 11.2 Å². The monoisotopic (exact) mass is 248 g/mol. The predicted octanol–water partition coefficient (Wildman–Crippen LogP) is 0.530. The molecule has 5 nitrogen and oxygen atoms in total. The van der Waals surface area contributed by atoms with Gasteiger partial charge in [0.2, 0.25) is 0 Å². The van der Waals surface area contributed by atoms with Crippen molar-refractivity contribution in [3.63, 3.8) is 0 Å². The number of rotatable bonds is 4. The lowest BCUT2D eigenvalue weighted by Gasteiger charge is -2.30. The van der Waals surface area contributed by atoms with E-state index in [0.29, 0.717) is 19.0 Å². The summed E-state index contributed by atoms with van der Waals surface area (Å²) >= 11 is 0. The van der Waals surface area contributed by atoms with Crippen molar-refractivity contribution in [3.05, 3.63) is 0 Å². The van der Waals surface area contributed by atoms with Gasteiger partial charge in [0.1, 0.15) is 5.78 Å². The highest BCUT2D eigenvalue weighted by Crippen LogP contribution is 2.18. The highest BCUT2D eigenvalue weighted by atomic mass is 32.2. The molecule has 0 aromatic carbocycles. The molecule has 1 aliphatic rings. The highest BCUT2D eigenvalue weighted by Gasteiger charge is 2.28. The fraction of sp³-hybridized carbons (Fsp3) is 0.900. The van der Waals surface area contributed by atoms with Crippen LogP contribution in [0.2, 0.25) is 0 Å². The first-order valence-electron chi connectivity index (χ1n) is 5.61. The van der Waals surface area contributed by atoms with E-state index in [1.807, 2.05) is 0 Å². The van der Waals surface area contributed by atoms with Gasteiger partial charge in [-0.2, -0.15) is 17.4 Å². The molecule has 1 fully saturated rings. The second-order valence-electron chi connectivity index (χ2n) is 4.54. The minimum atomic E-state index is -3.49. The lowest BCUT2D eigenvalue weighted by atomic mass is 10.0. The second kappa shape index (κ2) is 5.25. The van der Waals surface area contributed by atoms with Crippen molar-refractivity contribution in [3.8, 4) is 0 Å². The van der Waals surface area contributed by atoms with E-state index >= 15 is 0 Å². The van der Waals surface area contributed by atoms with Crippen LogP contribution < -0.4 is 4.72 Å². The Morgan fingerprint density at radius 3 is 2.31 bits per heavy atom. The van der Waals surface area contributed by atoms with Crippen LogP contribution in [0, 0.1) is 5.92 Å². The van der Waals surface area contributed by atoms with E-state index < -0.39 is 16.3 Å². The Morgan fingerprint density at radius 1 is 1.38 bits per heavy atom. The number of piperidine rings is 1. The Balaban J connectivity index is 2.60. The van der Waals surface area contributed by atoms with Crippen LogP contribution in [0.4, 0.5) is 0 Å². The number of ketones is 1. The normalized spacial score (nSPS) is 21.9. The molecular weight excluding hydrogens is 228 g/mol. The Hall–Kier alpha value is -0.460. The number of carbonyl (C=O) groups excluding carboxylic acids is 1. The summed E-state index contributed by atoms with van der Waals surface area (Å²) < 4.78 is 27.6. The number of nitrogens with zero attached hydrogens (tertiary/aromatic N) is 1. The largest absolute Gasteiger partial charge is 0.298 e. The minimum absolute atomic E-state index is 0.172. The number of hydrogen-bond donors (Lipinski definition) is 1. The topological polar surface area (TPSA) is 66.5 Å². The van der Waals surface area contributed by atoms with Crippen LogP contribution in [-0.4, -0.2) is 37.6 Å². The Labute approximate surface area is 97.4 Å². The lowest BCUT2D eigenvalue weighted by Crippen LogP contribution is -2.49. The summed E-state index contributed by atoms with van der Waals surface area (Å²) in [7, 11) is -3.49. The molecule has 0 bridgehead atoms. The molecule has 1 heterocycles. The van der Waals surface area contributed by atoms with Gasteiger partial charge < -0.3 is 0 Å². The quantitative estimate of drug-likeness (QED) is 0.789. The molecule has 0 spiro atoms. The van der Waals surface area contributed by atoms with Crippen molar-refractivity contribution >= 4 is 16.0 Å². The third-order valence-corrected chi connectivity index (χ3v) is 4.71. The average molecular weight is 248 g/mol. The maximum atomic E-state index is 11.9. The van der Waals surface area contributed by atoms with Gasteiger partial charge in [-0.15, -0.1) is 0 Å². The summed E-state index contributed by atoms with van der Waals surface area (Å²) in [4.78, 5) is 11.0. The van der Waals surface area contributed by atoms with E-state index in [9.17, 15) is 13.2 Å². The first-order chi connectivity index (χ1) is 7.33. The summed E-state index contributed by atoms with van der Waals surface area (Å²) in [5, 5.41) is 0. The Bertz CT molecular complexity index is 345. The zero-order chi connectivity index (χ0) is 12.3. The molecule has 1 atom stereocenters. The molecule has 6 heteroatoms. The fourth-order valence-corrected chi connectivity index (χ4v) is 3.06. The van der Waals surface area contributed by atoms with Crippen LogP contribution >= 0.6 is 0 Å². The van der Waals surface area contributed by atoms with E-state index in [1.54, 1.807) is 6.92 Å². The zero-order valence-electron chi connectivity index (χ0n) is 10.1. The predicted molar refractivity (Wildman–Crippen MR) is 62.2 cm³/mol. The highest BCUT2D eigenvalue weighted by molar-refractivity contribution is 7.87. The van der Waals surface area contributed by atoms with E-state index in [0.717, 1.165) is 12.8 Å². The number of carbonyl (C=O) groups is 1. The van der Waals surface area contributed by atoms with Gasteiger partial charge in [-0.3, -0.25) is 4.79 Å². The van der Waals surface area contributed by atoms with Crippen molar-refractivity contribution in [1.82, 2.24) is 9.03 Å². The SMILES string of the molecule is CC(=O)C(C)NS(=O)(=O)N1CCC(C)CC1. The van der Waals surface area contributed by atoms with Gasteiger partial charge in [0.15, 0.2) is 0 Å². The summed E-state index contributed by atoms with van der Waals surface area (Å²) in [5.41, 5.74) is 0. The minimum Gasteiger partial charge on any atom is -0.298 e. The second-order valence-corrected chi connectivity index (χ2v) is 6.24. The van der Waals surface area contributed by atoms with E-state index in [-0.39, 0.29) is 5.78 Å². The molecule has 94 valence electrons. The molecule has 1 saturated heterocycles. The van der Waals surface area contributed by atoms with Crippen LogP contribution in [0.5, 0.6) is 0 Å². The van der Waals surface area contributed by atoms with Gasteiger partial charge >= 0.3 is 0 Å². The van der Waals surface area contributed by atoms with E-state index in [4.69, 9.17) is 0 Å². The van der Waals surface area contributed by atoms with E-state index in [2.05, 4.69) is 11.6 Å². The molecule has 1 N–H and O–H groups in total. The van der Waals surface area contributed by atoms with Crippen LogP contribution in [0.1, 0.15) is 33.6 Å². The van der Waals surface area contributed by atoms with Crippen LogP contribution in [0.3, 0.4) is 0 Å². The van der Waals surface area contributed by atoms with Gasteiger partial charge in [0.05, 0.1) is 6.04 Å². The fourth-order valence-electron chi connectivity index (χ4n) is 1.61. The molecule has 1 rings (SSSR count). The number of hydrogen-bond acceptors (Lipinski definition) is 3. The molecule has 0 amide bonds. The molecular formula is C10H20N2O3S. The smallest absolute Gasteiger partial charge is 0.280 e. The Kier molecular flexibility index (Phi) is 4.46. The molecule has 0 saturated carbocycles. The molecule has 1 unspecified atom stereocenters. The van der Waals surface area contributed by atoms with Gasteiger partial charge in [-0.1, -0.05) is 6.92 Å². The van der Waals surface area contributed by atoms with Crippen LogP contribution in [0.15, 0.2) is 0 Å². The zero-order valence-corrected chi connectivity index (χ0v) is 10.9. The first kappa shape index (κ1) is 13.6. The Morgan fingerprint density at radius 2 is 1.88 bits per heavy atom. The van der Waals surface area contributed by atoms with Gasteiger partial charge in [-0.25, -0.2) is 0 Å². The van der Waals surface area contributed by atoms with Crippen LogP contribution in [-0.2, 0) is 15.0 Å². The molecule has 0 aromatic rings. The van der Waals surface area contributed by atoms with Gasteiger partial charge in [-0.05, 0) is 32.6 Å². The van der Waals surface area contributed by atoms with Gasteiger partial charge in [0.25, 0.3) is 10.2 Å². The summed E-state index contributed by atoms with van der Waals surface area (Å²) in [6.07, 6.45) is 1.77. The van der Waals surface area contributed by atoms with Crippen LogP contribution in [0.25, 0.3) is 0 Å². The summed E-state index contributed by atoms with van der Waals surface area (Å²) in [5.74, 6) is 0.408. The number of Topliss-reactive ketones (excluding diaryl/α,β-unsaturated/α-hetero) is 1. The van der Waals surface area contributed by atoms with Gasteiger partial charge in [0, 0.05) is 13.1 Å². The maximum Gasteiger partial charge on any atom is 0.280 e. The summed E-state index contributed by atoms with van der Waals surface area (Å²) in [6, 6.07) is -0.649. The van der Waals surface area contributed by atoms with Crippen molar-refractivity contribution in [2.45, 2.75) is 39.7 Å². The third-order valence-electron chi connectivity index (χ3n) is 3.02. The third kappa shape index (κ3) is 3.54.